The van der Waals surface area contributed by atoms with E-state index in [1.54, 1.807) is 13.2 Å². The number of benzene rings is 2. The lowest BCUT2D eigenvalue weighted by atomic mass is 10.1. The number of nitrogens with one attached hydrogen (secondary N) is 3. The number of rotatable bonds is 5. The first-order valence-electron chi connectivity index (χ1n) is 11.9. The standard InChI is InChI=1S/C26H26N8O2/c1-36-21-13-16(2-5-20(21)32-26(35)17-3-4-19-15(12-17)6-11-29-19)23-22-24(27)30-14-31-25(22)34(33-23)18-7-9-28-10-8-18/h2-6,11-14,18,28-29H,7-10H2,1H3,(H,32,35)(H2,27,30,31). The second-order valence-corrected chi connectivity index (χ2v) is 8.88. The maximum atomic E-state index is 13.0. The number of methoxy groups -OCH3 is 1. The quantitative estimate of drug-likeness (QED) is 0.300. The number of H-pyrrole nitrogens is 1. The van der Waals surface area contributed by atoms with Crippen molar-refractivity contribution < 1.29 is 9.53 Å². The number of hydrogen-bond donors (Lipinski definition) is 4. The summed E-state index contributed by atoms with van der Waals surface area (Å²) in [5.41, 5.74) is 10.6. The Morgan fingerprint density at radius 1 is 1.14 bits per heavy atom. The second-order valence-electron chi connectivity index (χ2n) is 8.88. The maximum absolute atomic E-state index is 13.0. The molecule has 36 heavy (non-hydrogen) atoms. The van der Waals surface area contributed by atoms with Crippen molar-refractivity contribution >= 4 is 39.3 Å². The van der Waals surface area contributed by atoms with E-state index in [2.05, 4.69) is 25.6 Å². The van der Waals surface area contributed by atoms with Crippen LogP contribution >= 0.6 is 0 Å². The number of carbonyl (C=O) groups is 1. The number of anilines is 2. The third-order valence-corrected chi connectivity index (χ3v) is 6.71. The van der Waals surface area contributed by atoms with Crippen molar-refractivity contribution in [3.8, 4) is 17.0 Å². The first-order valence-corrected chi connectivity index (χ1v) is 11.9. The Morgan fingerprint density at radius 2 is 2.00 bits per heavy atom. The molecular formula is C26H26N8O2. The average Bonchev–Trinajstić information content (AvgIpc) is 3.54. The number of nitrogens with two attached hydrogens (primary N) is 1. The van der Waals surface area contributed by atoms with Crippen LogP contribution in [-0.4, -0.2) is 50.8 Å². The summed E-state index contributed by atoms with van der Waals surface area (Å²) in [4.78, 5) is 24.8. The molecule has 5 N–H and O–H groups in total. The van der Waals surface area contributed by atoms with Gasteiger partial charge in [0.25, 0.3) is 5.91 Å². The zero-order valence-corrected chi connectivity index (χ0v) is 19.8. The van der Waals surface area contributed by atoms with Crippen LogP contribution in [-0.2, 0) is 0 Å². The highest BCUT2D eigenvalue weighted by Crippen LogP contribution is 2.37. The number of ether oxygens (including phenoxy) is 1. The monoisotopic (exact) mass is 482 g/mol. The van der Waals surface area contributed by atoms with E-state index in [4.69, 9.17) is 15.6 Å². The fourth-order valence-electron chi connectivity index (χ4n) is 4.83. The van der Waals surface area contributed by atoms with Crippen molar-refractivity contribution in [2.45, 2.75) is 18.9 Å². The van der Waals surface area contributed by atoms with Crippen LogP contribution in [0.3, 0.4) is 0 Å². The normalized spacial score (nSPS) is 14.4. The van der Waals surface area contributed by atoms with Crippen LogP contribution in [0, 0.1) is 0 Å². The summed E-state index contributed by atoms with van der Waals surface area (Å²) in [6.07, 6.45) is 5.25. The van der Waals surface area contributed by atoms with E-state index in [1.165, 1.54) is 6.33 Å². The summed E-state index contributed by atoms with van der Waals surface area (Å²) in [7, 11) is 1.57. The number of aromatic nitrogens is 5. The van der Waals surface area contributed by atoms with Gasteiger partial charge in [-0.2, -0.15) is 5.10 Å². The van der Waals surface area contributed by atoms with Gasteiger partial charge >= 0.3 is 0 Å². The van der Waals surface area contributed by atoms with Crippen LogP contribution in [0.5, 0.6) is 5.75 Å². The van der Waals surface area contributed by atoms with Crippen LogP contribution in [0.2, 0.25) is 0 Å². The molecule has 1 fully saturated rings. The van der Waals surface area contributed by atoms with Crippen molar-refractivity contribution in [3.63, 3.8) is 0 Å². The van der Waals surface area contributed by atoms with Gasteiger partial charge in [0.05, 0.1) is 24.2 Å². The lowest BCUT2D eigenvalue weighted by Gasteiger charge is -2.23. The van der Waals surface area contributed by atoms with Crippen LogP contribution in [0.1, 0.15) is 29.2 Å². The molecule has 1 saturated heterocycles. The summed E-state index contributed by atoms with van der Waals surface area (Å²) in [5, 5.41) is 13.0. The number of amides is 1. The second kappa shape index (κ2) is 8.97. The molecule has 2 aromatic carbocycles. The van der Waals surface area contributed by atoms with Gasteiger partial charge in [-0.05, 0) is 62.3 Å². The first kappa shape index (κ1) is 22.1. The van der Waals surface area contributed by atoms with Crippen molar-refractivity contribution in [2.24, 2.45) is 0 Å². The van der Waals surface area contributed by atoms with E-state index < -0.39 is 0 Å². The number of nitrogens with zero attached hydrogens (tertiary/aromatic N) is 4. The number of nitrogen functional groups attached to an aromatic ring is 1. The Hall–Kier alpha value is -4.44. The minimum Gasteiger partial charge on any atom is -0.495 e. The molecular weight excluding hydrogens is 456 g/mol. The van der Waals surface area contributed by atoms with Crippen LogP contribution < -0.4 is 21.1 Å². The van der Waals surface area contributed by atoms with Gasteiger partial charge < -0.3 is 26.1 Å². The Morgan fingerprint density at radius 3 is 2.83 bits per heavy atom. The predicted octanol–water partition coefficient (Wildman–Crippen LogP) is 3.74. The van der Waals surface area contributed by atoms with Crippen LogP contribution in [0.15, 0.2) is 55.0 Å². The van der Waals surface area contributed by atoms with Gasteiger partial charge in [0, 0.05) is 28.2 Å². The molecule has 182 valence electrons. The summed E-state index contributed by atoms with van der Waals surface area (Å²) >= 11 is 0. The van der Waals surface area contributed by atoms with Gasteiger partial charge in [-0.1, -0.05) is 6.07 Å². The topological polar surface area (TPSA) is 136 Å². The van der Waals surface area contributed by atoms with Crippen molar-refractivity contribution in [3.05, 3.63) is 60.6 Å². The van der Waals surface area contributed by atoms with Gasteiger partial charge in [-0.3, -0.25) is 4.79 Å². The Balaban J connectivity index is 1.36. The summed E-state index contributed by atoms with van der Waals surface area (Å²) in [5.74, 6) is 0.678. The highest BCUT2D eigenvalue weighted by Gasteiger charge is 2.24. The molecule has 1 amide bonds. The SMILES string of the molecule is COc1cc(-c2nn(C3CCNCC3)c3ncnc(N)c23)ccc1NC(=O)c1ccc2[nH]ccc2c1. The molecule has 0 atom stereocenters. The molecule has 3 aromatic heterocycles. The third kappa shape index (κ3) is 3.81. The molecule has 0 aliphatic carbocycles. The van der Waals surface area contributed by atoms with Gasteiger partial charge in [-0.25, -0.2) is 14.6 Å². The largest absolute Gasteiger partial charge is 0.495 e. The summed E-state index contributed by atoms with van der Waals surface area (Å²) in [6, 6.07) is 13.3. The molecule has 0 bridgehead atoms. The van der Waals surface area contributed by atoms with Crippen LogP contribution in [0.4, 0.5) is 11.5 Å². The zero-order chi connectivity index (χ0) is 24.6. The Labute approximate surface area is 206 Å². The number of hydrogen-bond acceptors (Lipinski definition) is 7. The average molecular weight is 483 g/mol. The van der Waals surface area contributed by atoms with E-state index in [9.17, 15) is 4.79 Å². The maximum Gasteiger partial charge on any atom is 0.255 e. The van der Waals surface area contributed by atoms with E-state index in [0.717, 1.165) is 53.4 Å². The molecule has 1 aliphatic heterocycles. The Kier molecular flexibility index (Phi) is 5.49. The lowest BCUT2D eigenvalue weighted by molar-refractivity contribution is 0.102. The van der Waals surface area contributed by atoms with E-state index in [0.29, 0.717) is 28.5 Å². The smallest absolute Gasteiger partial charge is 0.255 e. The molecule has 5 aromatic rings. The predicted molar refractivity (Wildman–Crippen MR) is 139 cm³/mol. The van der Waals surface area contributed by atoms with Gasteiger partial charge in [0.1, 0.15) is 23.6 Å². The van der Waals surface area contributed by atoms with Crippen LogP contribution in [0.25, 0.3) is 33.2 Å². The Bertz CT molecular complexity index is 1580. The lowest BCUT2D eigenvalue weighted by Crippen LogP contribution is -2.30. The summed E-state index contributed by atoms with van der Waals surface area (Å²) in [6.45, 7) is 1.86. The minimum atomic E-state index is -0.220. The molecule has 0 unspecified atom stereocenters. The number of carbonyl (C=O) groups excluding carboxylic acids is 1. The van der Waals surface area contributed by atoms with Gasteiger partial charge in [-0.15, -0.1) is 0 Å². The molecule has 1 aliphatic rings. The fourth-order valence-corrected chi connectivity index (χ4v) is 4.83. The summed E-state index contributed by atoms with van der Waals surface area (Å²) < 4.78 is 7.62. The zero-order valence-electron chi connectivity index (χ0n) is 19.8. The molecule has 0 saturated carbocycles. The number of piperidine rings is 1. The molecule has 0 spiro atoms. The van der Waals surface area contributed by atoms with E-state index >= 15 is 0 Å². The minimum absolute atomic E-state index is 0.220. The fraction of sp³-hybridized carbons (Fsp3) is 0.231. The number of fused-ring (bicyclic) bond motifs is 2. The van der Waals surface area contributed by atoms with Crippen molar-refractivity contribution in [1.29, 1.82) is 0 Å². The highest BCUT2D eigenvalue weighted by molar-refractivity contribution is 6.07. The number of aromatic amines is 1. The first-order chi connectivity index (χ1) is 17.6. The van der Waals surface area contributed by atoms with Crippen molar-refractivity contribution in [1.82, 2.24) is 30.0 Å². The van der Waals surface area contributed by atoms with Gasteiger partial charge in [0.2, 0.25) is 0 Å². The molecule has 0 radical (unpaired) electrons. The molecule has 10 nitrogen and oxygen atoms in total. The van der Waals surface area contributed by atoms with E-state index in [1.807, 2.05) is 47.3 Å². The third-order valence-electron chi connectivity index (χ3n) is 6.71. The molecule has 10 heteroatoms. The highest BCUT2D eigenvalue weighted by atomic mass is 16.5. The molecule has 4 heterocycles. The van der Waals surface area contributed by atoms with Crippen molar-refractivity contribution in [2.75, 3.05) is 31.2 Å². The van der Waals surface area contributed by atoms with Gasteiger partial charge in [0.15, 0.2) is 5.65 Å². The molecule has 6 rings (SSSR count). The van der Waals surface area contributed by atoms with E-state index in [-0.39, 0.29) is 11.9 Å².